The smallest absolute Gasteiger partial charge is 0.387 e. The normalized spacial score (nSPS) is 19.1. The third-order valence-corrected chi connectivity index (χ3v) is 3.28. The Hall–Kier alpha value is -1.63. The highest BCUT2D eigenvalue weighted by molar-refractivity contribution is 8.01. The van der Waals surface area contributed by atoms with E-state index in [1.807, 2.05) is 0 Å². The molecule has 0 amide bonds. The van der Waals surface area contributed by atoms with Gasteiger partial charge in [-0.15, -0.1) is 11.8 Å². The maximum Gasteiger partial charge on any atom is 0.387 e. The van der Waals surface area contributed by atoms with Gasteiger partial charge < -0.3 is 9.53 Å². The molecule has 0 saturated carbocycles. The summed E-state index contributed by atoms with van der Waals surface area (Å²) in [7, 11) is 0. The number of nitrogens with one attached hydrogen (secondary N) is 1. The lowest BCUT2D eigenvalue weighted by Gasteiger charge is -2.18. The van der Waals surface area contributed by atoms with Gasteiger partial charge in [-0.1, -0.05) is 0 Å². The van der Waals surface area contributed by atoms with Crippen LogP contribution in [0.1, 0.15) is 5.56 Å². The van der Waals surface area contributed by atoms with Crippen LogP contribution in [0.2, 0.25) is 0 Å². The predicted molar refractivity (Wildman–Crippen MR) is 65.1 cm³/mol. The average molecular weight is 272 g/mol. The highest BCUT2D eigenvalue weighted by Gasteiger charge is 2.16. The molecule has 0 aromatic heterocycles. The number of hydrogen-bond acceptors (Lipinski definition) is 5. The zero-order valence-electron chi connectivity index (χ0n) is 9.18. The van der Waals surface area contributed by atoms with E-state index in [2.05, 4.69) is 15.3 Å². The summed E-state index contributed by atoms with van der Waals surface area (Å²) in [4.78, 5) is 10.5. The Labute approximate surface area is 106 Å². The Morgan fingerprint density at radius 2 is 2.17 bits per heavy atom. The van der Waals surface area contributed by atoms with Crippen LogP contribution in [-0.2, 0) is 4.79 Å². The number of alkyl halides is 2. The van der Waals surface area contributed by atoms with E-state index < -0.39 is 6.61 Å². The molecule has 0 bridgehead atoms. The van der Waals surface area contributed by atoms with Crippen molar-refractivity contribution in [2.45, 2.75) is 12.0 Å². The number of hydrazone groups is 1. The van der Waals surface area contributed by atoms with Gasteiger partial charge in [-0.2, -0.15) is 13.9 Å². The third kappa shape index (κ3) is 3.19. The molecule has 1 aromatic carbocycles. The van der Waals surface area contributed by atoms with Crippen molar-refractivity contribution >= 4 is 23.8 Å². The fourth-order valence-corrected chi connectivity index (χ4v) is 2.20. The van der Waals surface area contributed by atoms with Gasteiger partial charge in [0.05, 0.1) is 5.71 Å². The van der Waals surface area contributed by atoms with Gasteiger partial charge in [0, 0.05) is 5.75 Å². The number of nitrogens with zero attached hydrogens (tertiary/aromatic N) is 1. The first-order valence-electron chi connectivity index (χ1n) is 5.13. The van der Waals surface area contributed by atoms with Crippen molar-refractivity contribution in [3.63, 3.8) is 0 Å². The van der Waals surface area contributed by atoms with E-state index in [4.69, 9.17) is 0 Å². The van der Waals surface area contributed by atoms with Crippen LogP contribution in [-0.4, -0.2) is 29.7 Å². The van der Waals surface area contributed by atoms with Gasteiger partial charge in [0.25, 0.3) is 0 Å². The van der Waals surface area contributed by atoms with Crippen molar-refractivity contribution in [1.29, 1.82) is 0 Å². The molecule has 1 unspecified atom stereocenters. The Balaban J connectivity index is 2.06. The van der Waals surface area contributed by atoms with Crippen molar-refractivity contribution in [1.82, 2.24) is 5.43 Å². The van der Waals surface area contributed by atoms with E-state index in [0.717, 1.165) is 17.6 Å². The second-order valence-electron chi connectivity index (χ2n) is 3.46. The third-order valence-electron chi connectivity index (χ3n) is 2.26. The summed E-state index contributed by atoms with van der Waals surface area (Å²) < 4.78 is 28.2. The monoisotopic (exact) mass is 272 g/mol. The zero-order chi connectivity index (χ0) is 13.0. The highest BCUT2D eigenvalue weighted by Crippen LogP contribution is 2.19. The summed E-state index contributed by atoms with van der Waals surface area (Å²) in [6, 6.07) is 6.22. The number of carbonyl (C=O) groups is 1. The topological polar surface area (TPSA) is 50.7 Å². The van der Waals surface area contributed by atoms with Gasteiger partial charge in [0.2, 0.25) is 0 Å². The molecule has 1 aromatic rings. The first kappa shape index (κ1) is 12.8. The van der Waals surface area contributed by atoms with E-state index in [-0.39, 0.29) is 11.1 Å². The summed E-state index contributed by atoms with van der Waals surface area (Å²) in [5.74, 6) is 0.697. The molecule has 0 saturated heterocycles. The Kier molecular flexibility index (Phi) is 4.14. The van der Waals surface area contributed by atoms with Crippen LogP contribution >= 0.6 is 11.8 Å². The molecule has 18 heavy (non-hydrogen) atoms. The fourth-order valence-electron chi connectivity index (χ4n) is 1.43. The summed E-state index contributed by atoms with van der Waals surface area (Å²) in [5, 5.41) is 3.74. The number of thioether (sulfide) groups is 1. The van der Waals surface area contributed by atoms with E-state index in [9.17, 15) is 13.6 Å². The average Bonchev–Trinajstić information content (AvgIpc) is 2.39. The number of aldehydes is 1. The van der Waals surface area contributed by atoms with Gasteiger partial charge in [-0.05, 0) is 29.8 Å². The minimum atomic E-state index is -2.83. The quantitative estimate of drug-likeness (QED) is 0.850. The number of benzene rings is 1. The van der Waals surface area contributed by atoms with Crippen LogP contribution in [0.25, 0.3) is 0 Å². The number of rotatable bonds is 4. The summed E-state index contributed by atoms with van der Waals surface area (Å²) in [5.41, 5.74) is 4.27. The summed E-state index contributed by atoms with van der Waals surface area (Å²) in [6.07, 6.45) is 0.782. The standard InChI is InChI=1S/C11H10F2N2O2S/c12-11(13)17-8-3-1-7(2-4-8)9-6-18-10(5-16)15-14-9/h1-5,10-11,15H,6H2. The van der Waals surface area contributed by atoms with E-state index in [0.29, 0.717) is 5.75 Å². The number of halogens is 2. The van der Waals surface area contributed by atoms with Gasteiger partial charge in [-0.25, -0.2) is 0 Å². The molecular weight excluding hydrogens is 262 g/mol. The van der Waals surface area contributed by atoms with E-state index in [1.54, 1.807) is 12.1 Å². The minimum Gasteiger partial charge on any atom is -0.435 e. The van der Waals surface area contributed by atoms with Crippen molar-refractivity contribution < 1.29 is 18.3 Å². The molecule has 1 aliphatic heterocycles. The van der Waals surface area contributed by atoms with Gasteiger partial charge in [0.15, 0.2) is 6.29 Å². The molecular formula is C11H10F2N2O2S. The molecule has 0 aliphatic carbocycles. The van der Waals surface area contributed by atoms with Crippen molar-refractivity contribution in [3.05, 3.63) is 29.8 Å². The highest BCUT2D eigenvalue weighted by atomic mass is 32.2. The van der Waals surface area contributed by atoms with Crippen LogP contribution < -0.4 is 10.2 Å². The lowest BCUT2D eigenvalue weighted by molar-refractivity contribution is -0.107. The Morgan fingerprint density at radius 1 is 1.44 bits per heavy atom. The lowest BCUT2D eigenvalue weighted by atomic mass is 10.1. The van der Waals surface area contributed by atoms with E-state index >= 15 is 0 Å². The van der Waals surface area contributed by atoms with Crippen LogP contribution in [0.15, 0.2) is 29.4 Å². The molecule has 96 valence electrons. The molecule has 1 atom stereocenters. The van der Waals surface area contributed by atoms with Crippen LogP contribution in [0, 0.1) is 0 Å². The number of hydrogen-bond donors (Lipinski definition) is 1. The van der Waals surface area contributed by atoms with Crippen molar-refractivity contribution in [3.8, 4) is 5.75 Å². The van der Waals surface area contributed by atoms with Crippen LogP contribution in [0.3, 0.4) is 0 Å². The molecule has 2 rings (SSSR count). The lowest BCUT2D eigenvalue weighted by Crippen LogP contribution is -2.30. The molecule has 7 heteroatoms. The first-order chi connectivity index (χ1) is 8.69. The second-order valence-corrected chi connectivity index (χ2v) is 4.59. The second kappa shape index (κ2) is 5.81. The molecule has 4 nitrogen and oxygen atoms in total. The van der Waals surface area contributed by atoms with E-state index in [1.165, 1.54) is 23.9 Å². The van der Waals surface area contributed by atoms with Crippen molar-refractivity contribution in [2.24, 2.45) is 5.10 Å². The molecule has 1 aliphatic rings. The maximum atomic E-state index is 12.0. The molecule has 0 spiro atoms. The molecule has 1 N–H and O–H groups in total. The first-order valence-corrected chi connectivity index (χ1v) is 6.18. The number of carbonyl (C=O) groups excluding carboxylic acids is 1. The van der Waals surface area contributed by atoms with Crippen LogP contribution in [0.4, 0.5) is 8.78 Å². The predicted octanol–water partition coefficient (Wildman–Crippen LogP) is 1.85. The van der Waals surface area contributed by atoms with Gasteiger partial charge in [-0.3, -0.25) is 5.43 Å². The summed E-state index contributed by atoms with van der Waals surface area (Å²) in [6.45, 7) is -2.83. The maximum absolute atomic E-state index is 12.0. The molecule has 0 radical (unpaired) electrons. The van der Waals surface area contributed by atoms with Crippen LogP contribution in [0.5, 0.6) is 5.75 Å². The Morgan fingerprint density at radius 3 is 2.67 bits per heavy atom. The van der Waals surface area contributed by atoms with Gasteiger partial charge >= 0.3 is 6.61 Å². The SMILES string of the molecule is O=CC1NN=C(c2ccc(OC(F)F)cc2)CS1. The Bertz CT molecular complexity index is 451. The fraction of sp³-hybridized carbons (Fsp3) is 0.273. The van der Waals surface area contributed by atoms with Crippen molar-refractivity contribution in [2.75, 3.05) is 5.75 Å². The molecule has 0 fully saturated rings. The summed E-state index contributed by atoms with van der Waals surface area (Å²) >= 11 is 1.42. The largest absolute Gasteiger partial charge is 0.435 e. The number of ether oxygens (including phenoxy) is 1. The zero-order valence-corrected chi connectivity index (χ0v) is 9.99. The molecule has 1 heterocycles. The van der Waals surface area contributed by atoms with Gasteiger partial charge in [0.1, 0.15) is 11.1 Å². The minimum absolute atomic E-state index is 0.108.